The highest BCUT2D eigenvalue weighted by Gasteiger charge is 2.20. The maximum Gasteiger partial charge on any atom is 0.408 e. The molecule has 1 aromatic carbocycles. The second-order valence-corrected chi connectivity index (χ2v) is 4.23. The lowest BCUT2D eigenvalue weighted by molar-refractivity contribution is -0.108. The molecule has 1 amide bonds. The molecule has 1 aromatic rings. The number of hydrogen-bond acceptors (Lipinski definition) is 3. The number of benzene rings is 1. The minimum absolute atomic E-state index is 0.800. The van der Waals surface area contributed by atoms with E-state index in [1.165, 1.54) is 20.8 Å². The van der Waals surface area contributed by atoms with Crippen LogP contribution in [0, 0.1) is 0 Å². The van der Waals surface area contributed by atoms with Crippen LogP contribution in [-0.2, 0) is 9.53 Å². The zero-order chi connectivity index (χ0) is 21.5. The second-order valence-electron chi connectivity index (χ2n) is 4.23. The van der Waals surface area contributed by atoms with Crippen LogP contribution in [0.15, 0.2) is 30.2 Å². The van der Waals surface area contributed by atoms with Gasteiger partial charge in [-0.15, -0.1) is 0 Å². The van der Waals surface area contributed by atoms with E-state index < -0.39 is 66.1 Å². The summed E-state index contributed by atoms with van der Waals surface area (Å²) in [7, 11) is 0. The molecular formula is C14H19NO3. The van der Waals surface area contributed by atoms with E-state index in [9.17, 15) is 9.59 Å². The van der Waals surface area contributed by atoms with Crippen molar-refractivity contribution in [2.24, 2.45) is 0 Å². The Labute approximate surface area is 120 Å². The van der Waals surface area contributed by atoms with Crippen LogP contribution in [0.25, 0.3) is 0 Å². The van der Waals surface area contributed by atoms with E-state index in [0.29, 0.717) is 0 Å². The number of aldehydes is 1. The van der Waals surface area contributed by atoms with Crippen LogP contribution in [0.4, 0.5) is 4.79 Å². The number of carbonyl (C=O) groups excluding carboxylic acids is 2. The van der Waals surface area contributed by atoms with Crippen LogP contribution in [0.2, 0.25) is 0 Å². The van der Waals surface area contributed by atoms with Crippen molar-refractivity contribution in [2.45, 2.75) is 38.8 Å². The fourth-order valence-corrected chi connectivity index (χ4v) is 0.988. The first-order valence-electron chi connectivity index (χ1n) is 9.57. The third-order valence-corrected chi connectivity index (χ3v) is 1.55. The monoisotopic (exact) mass is 258 g/mol. The maximum atomic E-state index is 12.1. The van der Waals surface area contributed by atoms with Gasteiger partial charge in [-0.25, -0.2) is 4.79 Å². The van der Waals surface area contributed by atoms with Crippen molar-refractivity contribution < 1.29 is 26.7 Å². The predicted octanol–water partition coefficient (Wildman–Crippen LogP) is 2.84. The van der Waals surface area contributed by atoms with E-state index in [-0.39, 0.29) is 0 Å². The van der Waals surface area contributed by atoms with Gasteiger partial charge in [0.15, 0.2) is 0 Å². The van der Waals surface area contributed by atoms with E-state index >= 15 is 0 Å². The molecule has 0 spiro atoms. The maximum absolute atomic E-state index is 12.1. The van der Waals surface area contributed by atoms with Crippen molar-refractivity contribution in [2.75, 3.05) is 0 Å². The Balaban J connectivity index is 3.78. The van der Waals surface area contributed by atoms with Crippen LogP contribution in [-0.4, -0.2) is 18.0 Å². The Hall–Kier alpha value is -1.84. The number of amides is 1. The molecule has 1 N–H and O–H groups in total. The molecule has 0 fully saturated rings. The summed E-state index contributed by atoms with van der Waals surface area (Å²) in [4.78, 5) is 23.7. The van der Waals surface area contributed by atoms with E-state index in [1.807, 2.05) is 0 Å². The summed E-state index contributed by atoms with van der Waals surface area (Å²) in [6, 6.07) is -7.77. The quantitative estimate of drug-likeness (QED) is 0.845. The van der Waals surface area contributed by atoms with Crippen LogP contribution < -0.4 is 5.32 Å². The largest absolute Gasteiger partial charge is 0.444 e. The summed E-state index contributed by atoms with van der Waals surface area (Å²) in [6.07, 6.45) is -6.76. The smallest absolute Gasteiger partial charge is 0.408 e. The lowest BCUT2D eigenvalue weighted by Gasteiger charge is -2.23. The van der Waals surface area contributed by atoms with Crippen molar-refractivity contribution in [1.29, 1.82) is 0 Å². The van der Waals surface area contributed by atoms with Gasteiger partial charge in [-0.1, -0.05) is 30.2 Å². The molecule has 98 valence electrons. The van der Waals surface area contributed by atoms with Gasteiger partial charge in [0.25, 0.3) is 0 Å². The molecule has 1 atom stereocenters. The molecule has 4 nitrogen and oxygen atoms in total. The zero-order valence-corrected chi connectivity index (χ0v) is 10.2. The first-order chi connectivity index (χ1) is 12.0. The molecule has 0 radical (unpaired) electrons. The van der Waals surface area contributed by atoms with E-state index in [0.717, 1.165) is 0 Å². The van der Waals surface area contributed by atoms with Crippen LogP contribution >= 0.6 is 0 Å². The molecule has 4 heteroatoms. The van der Waals surface area contributed by atoms with Crippen LogP contribution in [0.3, 0.4) is 0 Å². The molecule has 0 aliphatic rings. The van der Waals surface area contributed by atoms with E-state index in [4.69, 9.17) is 17.1 Å². The topological polar surface area (TPSA) is 55.4 Å². The van der Waals surface area contributed by atoms with Gasteiger partial charge in [-0.3, -0.25) is 0 Å². The Morgan fingerprint density at radius 2 is 2.22 bits per heavy atom. The Morgan fingerprint density at radius 3 is 2.72 bits per heavy atom. The zero-order valence-electron chi connectivity index (χ0n) is 19.2. The van der Waals surface area contributed by atoms with Gasteiger partial charge in [-0.05, 0) is 26.3 Å². The highest BCUT2D eigenvalue weighted by atomic mass is 16.6. The molecule has 0 aliphatic carbocycles. The average molecular weight is 258 g/mol. The first-order valence-corrected chi connectivity index (χ1v) is 5.07. The van der Waals surface area contributed by atoms with Crippen LogP contribution in [0.1, 0.15) is 51.1 Å². The number of nitrogens with one attached hydrogen (secondary N) is 1. The summed E-state index contributed by atoms with van der Waals surface area (Å²) in [5, 5.41) is 1.77. The highest BCUT2D eigenvalue weighted by molar-refractivity contribution is 5.69. The summed E-state index contributed by atoms with van der Waals surface area (Å²) in [6.45, 7) is 4.44. The van der Waals surface area contributed by atoms with Crippen LogP contribution in [0.5, 0.6) is 0 Å². The average Bonchev–Trinajstić information content (AvgIpc) is 2.48. The lowest BCUT2D eigenvalue weighted by Crippen LogP contribution is -2.35. The molecule has 0 aliphatic heterocycles. The molecular weight excluding hydrogens is 230 g/mol. The molecule has 0 saturated heterocycles. The minimum atomic E-state index is -3.46. The van der Waals surface area contributed by atoms with Gasteiger partial charge in [0, 0.05) is 9.11 Å². The second kappa shape index (κ2) is 6.19. The fourth-order valence-electron chi connectivity index (χ4n) is 0.988. The highest BCUT2D eigenvalue weighted by Crippen LogP contribution is 2.16. The Bertz CT molecular complexity index is 762. The van der Waals surface area contributed by atoms with Gasteiger partial charge >= 0.3 is 6.09 Å². The minimum Gasteiger partial charge on any atom is -0.444 e. The molecule has 1 rings (SSSR count). The van der Waals surface area contributed by atoms with Crippen molar-refractivity contribution in [3.8, 4) is 0 Å². The normalized spacial score (nSPS) is 22.3. The summed E-state index contributed by atoms with van der Waals surface area (Å²) in [5.41, 5.74) is -2.06. The van der Waals surface area contributed by atoms with Gasteiger partial charge < -0.3 is 14.8 Å². The van der Waals surface area contributed by atoms with Crippen molar-refractivity contribution in [3.63, 3.8) is 0 Å². The van der Waals surface area contributed by atoms with E-state index in [2.05, 4.69) is 0 Å². The standard InChI is InChI=1S/C14H19NO3/c1-14(2,3)18-13(17)15-12(9-10-16)11-7-5-4-6-8-11/h4-8,10,12H,9H2,1-3H3,(H,15,17)/i4D,5D,6D,7D,8D,9D2,10D,12D. The van der Waals surface area contributed by atoms with Gasteiger partial charge in [0.2, 0.25) is 0 Å². The third kappa shape index (κ3) is 4.99. The molecule has 0 heterocycles. The van der Waals surface area contributed by atoms with E-state index in [1.54, 1.807) is 5.32 Å². The van der Waals surface area contributed by atoms with Gasteiger partial charge in [0.1, 0.15) is 13.2 Å². The summed E-state index contributed by atoms with van der Waals surface area (Å²) >= 11 is 0. The Morgan fingerprint density at radius 1 is 1.61 bits per heavy atom. The molecule has 0 aromatic heterocycles. The Kier molecular flexibility index (Phi) is 2.02. The molecule has 18 heavy (non-hydrogen) atoms. The van der Waals surface area contributed by atoms with Crippen molar-refractivity contribution in [3.05, 3.63) is 35.8 Å². The molecule has 0 bridgehead atoms. The lowest BCUT2D eigenvalue weighted by atomic mass is 10.0. The fraction of sp³-hybridized carbons (Fsp3) is 0.429. The summed E-state index contributed by atoms with van der Waals surface area (Å²) in [5.74, 6) is 0. The number of ether oxygens (including phenoxy) is 1. The molecule has 0 saturated carbocycles. The summed E-state index contributed by atoms with van der Waals surface area (Å²) < 4.78 is 74.8. The number of carbonyl (C=O) groups is 2. The van der Waals surface area contributed by atoms with Gasteiger partial charge in [0.05, 0.1) is 14.2 Å². The number of rotatable bonds is 4. The van der Waals surface area contributed by atoms with Gasteiger partial charge in [-0.2, -0.15) is 0 Å². The number of hydrogen-bond donors (Lipinski definition) is 1. The third-order valence-electron chi connectivity index (χ3n) is 1.55. The SMILES string of the molecule is [2H]C(=O)C([2H])([2H])C([2H])(NC(=O)OC(C)(C)C)c1c([2H])c([2H])c([2H])c([2H])c1[2H]. The molecule has 1 unspecified atom stereocenters. The first kappa shape index (κ1) is 5.87. The number of alkyl carbamates (subject to hydrolysis) is 1. The van der Waals surface area contributed by atoms with Crippen molar-refractivity contribution >= 4 is 12.4 Å². The van der Waals surface area contributed by atoms with Crippen molar-refractivity contribution in [1.82, 2.24) is 5.32 Å². The predicted molar refractivity (Wildman–Crippen MR) is 69.2 cm³/mol.